The maximum Gasteiger partial charge on any atom is 0.346 e. The molecule has 0 radical (unpaired) electrons. The molecule has 12 aromatic rings. The number of nitrogens with zero attached hydrogens (tertiary/aromatic N) is 2. The molecule has 16 rings (SSSR count). The second kappa shape index (κ2) is 45.7. The van der Waals surface area contributed by atoms with Gasteiger partial charge < -0.3 is 10.0 Å². The number of hydrogen-bond donors (Lipinski definition) is 1. The molecule has 0 heterocycles. The fourth-order valence-electron chi connectivity index (χ4n) is 24.5. The second-order valence-corrected chi connectivity index (χ2v) is 40.8. The fourth-order valence-corrected chi connectivity index (χ4v) is 24.5. The number of nitriles is 1. The Morgan fingerprint density at radius 3 is 0.918 bits per heavy atom. The Hall–Kier alpha value is -10.9. The second-order valence-electron chi connectivity index (χ2n) is 40.8. The number of hydrogen-bond acceptors (Lipinski definition) is 3. The van der Waals surface area contributed by atoms with Crippen LogP contribution in [-0.2, 0) is 39.3 Å². The summed E-state index contributed by atoms with van der Waals surface area (Å²) in [5.41, 5.74) is 36.5. The smallest absolute Gasteiger partial charge is 0.346 e. The van der Waals surface area contributed by atoms with Crippen molar-refractivity contribution in [2.45, 2.75) is 347 Å². The highest BCUT2D eigenvalue weighted by molar-refractivity contribution is 6.01. The molecule has 0 spiro atoms. The van der Waals surface area contributed by atoms with E-state index < -0.39 is 22.2 Å². The molecule has 2 unspecified atom stereocenters. The summed E-state index contributed by atoms with van der Waals surface area (Å²) in [6, 6.07) is 105. The molecule has 0 aromatic heterocycles. The topological polar surface area (TPSA) is 64.3 Å². The molecule has 0 fully saturated rings. The molecule has 694 valence electrons. The Morgan fingerprint density at radius 2 is 0.575 bits per heavy atom. The van der Waals surface area contributed by atoms with Gasteiger partial charge in [0.1, 0.15) is 11.6 Å². The maximum absolute atomic E-state index is 12.9. The van der Waals surface area contributed by atoms with E-state index in [1.165, 1.54) is 350 Å². The molecule has 134 heavy (non-hydrogen) atoms. The molecule has 4 nitrogen and oxygen atoms in total. The highest BCUT2D eigenvalue weighted by Gasteiger charge is 2.55. The van der Waals surface area contributed by atoms with Gasteiger partial charge in [0.15, 0.2) is 0 Å². The van der Waals surface area contributed by atoms with Crippen LogP contribution in [0, 0.1) is 25.2 Å². The lowest BCUT2D eigenvalue weighted by Gasteiger charge is -2.36. The highest BCUT2D eigenvalue weighted by Crippen LogP contribution is 2.68. The zero-order valence-electron chi connectivity index (χ0n) is 82.8. The average Bonchev–Trinajstić information content (AvgIpc) is 1.49. The van der Waals surface area contributed by atoms with Crippen molar-refractivity contribution >= 4 is 29.1 Å². The van der Waals surface area contributed by atoms with Gasteiger partial charge in [0.05, 0.1) is 10.8 Å². The summed E-state index contributed by atoms with van der Waals surface area (Å²) >= 11 is 0. The van der Waals surface area contributed by atoms with E-state index in [0.717, 1.165) is 86.8 Å². The van der Waals surface area contributed by atoms with E-state index in [4.69, 9.17) is 0 Å². The van der Waals surface area contributed by atoms with E-state index in [9.17, 15) is 15.2 Å². The third kappa shape index (κ3) is 20.1. The number of aryl methyl sites for hydroxylation is 4. The Labute approximate surface area is 807 Å². The average molecular weight is 1770 g/mol. The summed E-state index contributed by atoms with van der Waals surface area (Å²) in [6.07, 6.45) is 52.2. The largest absolute Gasteiger partial charge is 0.477 e. The predicted octanol–water partition coefficient (Wildman–Crippen LogP) is 37.5. The number of carboxylic acid groups (broad SMARTS) is 1. The Kier molecular flexibility index (Phi) is 32.8. The minimum atomic E-state index is -1.20. The molecule has 0 aliphatic heterocycles. The van der Waals surface area contributed by atoms with Crippen LogP contribution in [-0.4, -0.2) is 11.1 Å². The standard InChI is InChI=1S/C130H152N2O2/c1-9-15-21-27-33-41-51-97-61-73-105(74-62-97)129(103-69-57-95(7)58-70-103)122-90-112-110-79-65-99(85-102(94-131)126(133)134)86-118(110)127(81-47-35-29-23-17-11-3,82-48-36-30-24-18-12-4)120(112)88-114(122)116-92-125-117(93-124(116)129)115-89-121-113(91-123(115)130(125,104-71-59-96(8)60-72-104)106-75-63-98(64-76-106)52-42-34-28-22-16-10-2)111-80-68-101(87-119(111)128(121,83-49-37-31-25-19-13-5)84-50-38-32-26-20-14-6)100-66-77-109(78-67-100)132(107-53-43-39-44-54-107)108-55-45-40-46-56-108/h39-40,43-46,53-80,85-93H,9-38,41-42,47-52,81-84H2,1-8H3,(H,133,134)/b102-85+. The van der Waals surface area contributed by atoms with Gasteiger partial charge in [-0.05, 0) is 289 Å². The summed E-state index contributed by atoms with van der Waals surface area (Å²) in [7, 11) is 0. The molecule has 0 bridgehead atoms. The molecule has 0 amide bonds. The van der Waals surface area contributed by atoms with Crippen molar-refractivity contribution in [2.24, 2.45) is 0 Å². The van der Waals surface area contributed by atoms with Crippen molar-refractivity contribution < 1.29 is 9.90 Å². The predicted molar refractivity (Wildman–Crippen MR) is 570 cm³/mol. The summed E-state index contributed by atoms with van der Waals surface area (Å²) in [5.74, 6) is -1.20. The fraction of sp³-hybridized carbons (Fsp3) is 0.415. The van der Waals surface area contributed by atoms with E-state index in [2.05, 4.69) is 321 Å². The molecular formula is C130H152N2O2. The van der Waals surface area contributed by atoms with Crippen molar-refractivity contribution in [3.8, 4) is 61.7 Å². The Bertz CT molecular complexity index is 5890. The van der Waals surface area contributed by atoms with E-state index in [0.29, 0.717) is 0 Å². The van der Waals surface area contributed by atoms with Crippen molar-refractivity contribution in [1.82, 2.24) is 0 Å². The van der Waals surface area contributed by atoms with Gasteiger partial charge in [-0.25, -0.2) is 4.79 Å². The minimum Gasteiger partial charge on any atom is -0.477 e. The normalized spacial score (nSPS) is 15.5. The summed E-state index contributed by atoms with van der Waals surface area (Å²) in [5, 5.41) is 21.1. The van der Waals surface area contributed by atoms with Crippen LogP contribution in [0.15, 0.2) is 260 Å². The molecule has 2 atom stereocenters. The zero-order chi connectivity index (χ0) is 92.9. The third-order valence-corrected chi connectivity index (χ3v) is 31.7. The van der Waals surface area contributed by atoms with Gasteiger partial charge >= 0.3 is 5.97 Å². The first-order valence-electron chi connectivity index (χ1n) is 53.4. The van der Waals surface area contributed by atoms with Gasteiger partial charge in [-0.1, -0.05) is 447 Å². The summed E-state index contributed by atoms with van der Waals surface area (Å²) in [4.78, 5) is 15.3. The van der Waals surface area contributed by atoms with E-state index in [1.54, 1.807) is 6.08 Å². The summed E-state index contributed by atoms with van der Waals surface area (Å²) < 4.78 is 0. The number of rotatable bonds is 52. The number of carboxylic acids is 1. The minimum absolute atomic E-state index is 0.243. The molecule has 4 aliphatic carbocycles. The number of carbonyl (C=O) groups is 1. The zero-order valence-corrected chi connectivity index (χ0v) is 82.8. The SMILES string of the molecule is CCCCCCCCc1ccc(C2(c3ccc(C)cc3)c3cc4c(cc3-c3cc5c(cc32)-c2cc3c(cc2C5(c2ccc(C)cc2)c2ccc(CCCCCCCC)cc2)-c2ccc(-c5ccc(N(c6ccccc6)c6ccccc6)cc5)cc2C3(CCCCCCCC)CCCCCCCC)C(CCCCCCCC)(CCCCCCCC)c2cc(/C=C(\C#N)C(=O)O)ccc2-4)cc1. The first-order chi connectivity index (χ1) is 65.8. The lowest BCUT2D eigenvalue weighted by Crippen LogP contribution is -2.30. The number of unbranched alkanes of at least 4 members (excludes halogenated alkanes) is 30. The van der Waals surface area contributed by atoms with E-state index in [-0.39, 0.29) is 11.0 Å². The summed E-state index contributed by atoms with van der Waals surface area (Å²) in [6.45, 7) is 18.5. The van der Waals surface area contributed by atoms with E-state index >= 15 is 0 Å². The van der Waals surface area contributed by atoms with Crippen LogP contribution in [0.5, 0.6) is 0 Å². The molecule has 4 aliphatic rings. The lowest BCUT2D eigenvalue weighted by atomic mass is 9.65. The van der Waals surface area contributed by atoms with Crippen LogP contribution >= 0.6 is 0 Å². The monoisotopic (exact) mass is 1770 g/mol. The number of anilines is 3. The molecule has 0 saturated heterocycles. The van der Waals surface area contributed by atoms with Gasteiger partial charge in [-0.15, -0.1) is 0 Å². The molecule has 1 N–H and O–H groups in total. The Morgan fingerprint density at radius 1 is 0.291 bits per heavy atom. The van der Waals surface area contributed by atoms with Gasteiger partial charge in [0.25, 0.3) is 0 Å². The van der Waals surface area contributed by atoms with Crippen LogP contribution in [0.1, 0.15) is 393 Å². The first kappa shape index (κ1) is 96.3. The van der Waals surface area contributed by atoms with Crippen molar-refractivity contribution in [3.63, 3.8) is 0 Å². The van der Waals surface area contributed by atoms with Crippen LogP contribution in [0.25, 0.3) is 61.7 Å². The molecule has 4 heteroatoms. The Balaban J connectivity index is 0.983. The highest BCUT2D eigenvalue weighted by atomic mass is 16.4. The van der Waals surface area contributed by atoms with Crippen molar-refractivity contribution in [2.75, 3.05) is 4.90 Å². The van der Waals surface area contributed by atoms with Crippen LogP contribution in [0.2, 0.25) is 0 Å². The number of benzene rings is 12. The van der Waals surface area contributed by atoms with Crippen molar-refractivity contribution in [3.05, 3.63) is 355 Å². The van der Waals surface area contributed by atoms with Crippen LogP contribution in [0.3, 0.4) is 0 Å². The van der Waals surface area contributed by atoms with Crippen molar-refractivity contribution in [1.29, 1.82) is 5.26 Å². The third-order valence-electron chi connectivity index (χ3n) is 31.7. The lowest BCUT2D eigenvalue weighted by molar-refractivity contribution is -0.132. The number of fused-ring (bicyclic) bond motifs is 12. The van der Waals surface area contributed by atoms with Gasteiger partial charge in [0, 0.05) is 27.9 Å². The van der Waals surface area contributed by atoms with Gasteiger partial charge in [-0.3, -0.25) is 0 Å². The van der Waals surface area contributed by atoms with Crippen LogP contribution < -0.4 is 4.90 Å². The number of aliphatic carboxylic acids is 1. The molecule has 0 saturated carbocycles. The maximum atomic E-state index is 12.9. The van der Waals surface area contributed by atoms with Crippen LogP contribution in [0.4, 0.5) is 17.1 Å². The quantitative estimate of drug-likeness (QED) is 0.0234. The molecule has 12 aromatic carbocycles. The molecular weight excluding hydrogens is 1620 g/mol. The van der Waals surface area contributed by atoms with E-state index in [1.807, 2.05) is 0 Å². The first-order valence-corrected chi connectivity index (χ1v) is 53.4. The van der Waals surface area contributed by atoms with Gasteiger partial charge in [0.2, 0.25) is 0 Å². The number of para-hydroxylation sites is 2. The van der Waals surface area contributed by atoms with Gasteiger partial charge in [-0.2, -0.15) is 5.26 Å².